The molecule has 2 N–H and O–H groups in total. The van der Waals surface area contributed by atoms with Crippen molar-refractivity contribution in [3.05, 3.63) is 47.5 Å². The van der Waals surface area contributed by atoms with Crippen LogP contribution < -0.4 is 5.32 Å². The lowest BCUT2D eigenvalue weighted by molar-refractivity contribution is 0.178. The first kappa shape index (κ1) is 12.7. The zero-order valence-electron chi connectivity index (χ0n) is 10.8. The maximum Gasteiger partial charge on any atom is 0.405 e. The standard InChI is InChI=1S/C15H19NO2/c1-11(2)12-6-5-7-13(10-12)15(16-14(17)18)8-3-4-9-15/h3-7,10-11,16H,8-9H2,1-2H3,(H,17,18). The molecule has 0 radical (unpaired) electrons. The SMILES string of the molecule is CC(C)c1cccc(C2(NC(=O)O)CC=CC2)c1. The smallest absolute Gasteiger partial charge is 0.405 e. The van der Waals surface area contributed by atoms with Crippen molar-refractivity contribution in [2.75, 3.05) is 0 Å². The van der Waals surface area contributed by atoms with Crippen LogP contribution in [-0.4, -0.2) is 11.2 Å². The molecule has 0 saturated carbocycles. The highest BCUT2D eigenvalue weighted by Gasteiger charge is 2.34. The summed E-state index contributed by atoms with van der Waals surface area (Å²) < 4.78 is 0. The molecule has 18 heavy (non-hydrogen) atoms. The van der Waals surface area contributed by atoms with E-state index in [4.69, 9.17) is 5.11 Å². The fourth-order valence-corrected chi connectivity index (χ4v) is 2.46. The predicted octanol–water partition coefficient (Wildman–Crippen LogP) is 3.62. The lowest BCUT2D eigenvalue weighted by atomic mass is 9.85. The van der Waals surface area contributed by atoms with Crippen LogP contribution >= 0.6 is 0 Å². The summed E-state index contributed by atoms with van der Waals surface area (Å²) >= 11 is 0. The highest BCUT2D eigenvalue weighted by Crippen LogP contribution is 2.35. The molecule has 0 bridgehead atoms. The van der Waals surface area contributed by atoms with Gasteiger partial charge in [0.05, 0.1) is 5.54 Å². The van der Waals surface area contributed by atoms with Gasteiger partial charge in [0.25, 0.3) is 0 Å². The molecule has 3 heteroatoms. The van der Waals surface area contributed by atoms with Gasteiger partial charge >= 0.3 is 6.09 Å². The molecule has 0 aliphatic heterocycles. The second kappa shape index (κ2) is 4.84. The van der Waals surface area contributed by atoms with E-state index < -0.39 is 11.6 Å². The van der Waals surface area contributed by atoms with Crippen molar-refractivity contribution in [3.63, 3.8) is 0 Å². The molecule has 3 nitrogen and oxygen atoms in total. The molecule has 0 unspecified atom stereocenters. The quantitative estimate of drug-likeness (QED) is 0.799. The van der Waals surface area contributed by atoms with E-state index >= 15 is 0 Å². The van der Waals surface area contributed by atoms with E-state index in [1.54, 1.807) is 0 Å². The van der Waals surface area contributed by atoms with Crippen molar-refractivity contribution in [3.8, 4) is 0 Å². The summed E-state index contributed by atoms with van der Waals surface area (Å²) in [5.41, 5.74) is 1.82. The third kappa shape index (κ3) is 2.40. The Bertz CT molecular complexity index is 469. The van der Waals surface area contributed by atoms with Crippen LogP contribution in [0.15, 0.2) is 36.4 Å². The van der Waals surface area contributed by atoms with Crippen molar-refractivity contribution in [1.29, 1.82) is 0 Å². The summed E-state index contributed by atoms with van der Waals surface area (Å²) in [5.74, 6) is 0.446. The Morgan fingerprint density at radius 2 is 2.00 bits per heavy atom. The van der Waals surface area contributed by atoms with Gasteiger partial charge < -0.3 is 10.4 Å². The van der Waals surface area contributed by atoms with Crippen LogP contribution in [0, 0.1) is 0 Å². The topological polar surface area (TPSA) is 49.3 Å². The van der Waals surface area contributed by atoms with Gasteiger partial charge in [0.2, 0.25) is 0 Å². The van der Waals surface area contributed by atoms with Crippen molar-refractivity contribution >= 4 is 6.09 Å². The van der Waals surface area contributed by atoms with Gasteiger partial charge in [0, 0.05) is 0 Å². The number of carboxylic acid groups (broad SMARTS) is 1. The number of benzene rings is 1. The van der Waals surface area contributed by atoms with Crippen molar-refractivity contribution < 1.29 is 9.90 Å². The minimum Gasteiger partial charge on any atom is -0.465 e. The molecule has 1 amide bonds. The van der Waals surface area contributed by atoms with Crippen molar-refractivity contribution in [1.82, 2.24) is 5.32 Å². The Balaban J connectivity index is 2.37. The summed E-state index contributed by atoms with van der Waals surface area (Å²) in [7, 11) is 0. The van der Waals surface area contributed by atoms with E-state index in [9.17, 15) is 4.79 Å². The summed E-state index contributed by atoms with van der Waals surface area (Å²) in [4.78, 5) is 11.0. The highest BCUT2D eigenvalue weighted by molar-refractivity contribution is 5.66. The minimum atomic E-state index is -0.964. The molecule has 0 saturated heterocycles. The van der Waals surface area contributed by atoms with E-state index in [0.717, 1.165) is 18.4 Å². The zero-order chi connectivity index (χ0) is 13.2. The molecule has 2 rings (SSSR count). The first-order valence-electron chi connectivity index (χ1n) is 6.30. The van der Waals surface area contributed by atoms with E-state index in [1.165, 1.54) is 5.56 Å². The first-order chi connectivity index (χ1) is 8.53. The Hall–Kier alpha value is -1.77. The Kier molecular flexibility index (Phi) is 3.41. The highest BCUT2D eigenvalue weighted by atomic mass is 16.4. The molecular weight excluding hydrogens is 226 g/mol. The number of amides is 1. The van der Waals surface area contributed by atoms with Crippen LogP contribution in [0.1, 0.15) is 43.7 Å². The Labute approximate surface area is 108 Å². The molecule has 96 valence electrons. The van der Waals surface area contributed by atoms with Crippen LogP contribution in [0.4, 0.5) is 4.79 Å². The van der Waals surface area contributed by atoms with Crippen LogP contribution in [-0.2, 0) is 5.54 Å². The molecule has 0 spiro atoms. The van der Waals surface area contributed by atoms with Gasteiger partial charge in [-0.05, 0) is 29.9 Å². The van der Waals surface area contributed by atoms with Crippen molar-refractivity contribution in [2.45, 2.75) is 38.1 Å². The lowest BCUT2D eigenvalue weighted by Crippen LogP contribution is -2.43. The van der Waals surface area contributed by atoms with E-state index in [-0.39, 0.29) is 0 Å². The number of hydrogen-bond acceptors (Lipinski definition) is 1. The molecule has 1 aliphatic rings. The van der Waals surface area contributed by atoms with Crippen molar-refractivity contribution in [2.24, 2.45) is 0 Å². The van der Waals surface area contributed by atoms with Gasteiger partial charge in [0.1, 0.15) is 0 Å². The Morgan fingerprint density at radius 3 is 2.56 bits per heavy atom. The molecule has 0 aromatic heterocycles. The molecule has 1 aromatic rings. The average Bonchev–Trinajstić information content (AvgIpc) is 2.78. The molecule has 0 atom stereocenters. The van der Waals surface area contributed by atoms with Gasteiger partial charge in [-0.15, -0.1) is 0 Å². The molecular formula is C15H19NO2. The largest absolute Gasteiger partial charge is 0.465 e. The molecule has 1 aliphatic carbocycles. The Morgan fingerprint density at radius 1 is 1.33 bits per heavy atom. The third-order valence-corrected chi connectivity index (χ3v) is 3.55. The average molecular weight is 245 g/mol. The van der Waals surface area contributed by atoms with Gasteiger partial charge in [-0.25, -0.2) is 4.79 Å². The van der Waals surface area contributed by atoms with Gasteiger partial charge in [-0.2, -0.15) is 0 Å². The number of carbonyl (C=O) groups is 1. The van der Waals surface area contributed by atoms with Crippen LogP contribution in [0.2, 0.25) is 0 Å². The van der Waals surface area contributed by atoms with E-state index in [0.29, 0.717) is 5.92 Å². The van der Waals surface area contributed by atoms with Gasteiger partial charge in [-0.1, -0.05) is 50.3 Å². The van der Waals surface area contributed by atoms with Gasteiger partial charge in [0.15, 0.2) is 0 Å². The van der Waals surface area contributed by atoms with Crippen LogP contribution in [0.25, 0.3) is 0 Å². The maximum absolute atomic E-state index is 11.0. The number of rotatable bonds is 3. The normalized spacial score (nSPS) is 17.1. The van der Waals surface area contributed by atoms with Crippen LogP contribution in [0.3, 0.4) is 0 Å². The number of nitrogens with one attached hydrogen (secondary N) is 1. The third-order valence-electron chi connectivity index (χ3n) is 3.55. The second-order valence-corrected chi connectivity index (χ2v) is 5.17. The fourth-order valence-electron chi connectivity index (χ4n) is 2.46. The fraction of sp³-hybridized carbons (Fsp3) is 0.400. The summed E-state index contributed by atoms with van der Waals surface area (Å²) in [6.45, 7) is 4.28. The lowest BCUT2D eigenvalue weighted by Gasteiger charge is -2.30. The summed E-state index contributed by atoms with van der Waals surface area (Å²) in [5, 5.41) is 11.7. The monoisotopic (exact) mass is 245 g/mol. The summed E-state index contributed by atoms with van der Waals surface area (Å²) in [6, 6.07) is 8.22. The first-order valence-corrected chi connectivity index (χ1v) is 6.30. The van der Waals surface area contributed by atoms with E-state index in [2.05, 4.69) is 31.3 Å². The molecule has 0 fully saturated rings. The van der Waals surface area contributed by atoms with Crippen LogP contribution in [0.5, 0.6) is 0 Å². The predicted molar refractivity (Wildman–Crippen MR) is 71.7 cm³/mol. The molecule has 1 aromatic carbocycles. The summed E-state index contributed by atoms with van der Waals surface area (Å²) in [6.07, 6.45) is 4.56. The zero-order valence-corrected chi connectivity index (χ0v) is 10.8. The maximum atomic E-state index is 11.0. The second-order valence-electron chi connectivity index (χ2n) is 5.17. The van der Waals surface area contributed by atoms with E-state index in [1.807, 2.05) is 24.3 Å². The van der Waals surface area contributed by atoms with Gasteiger partial charge in [-0.3, -0.25) is 0 Å². The molecule has 0 heterocycles. The minimum absolute atomic E-state index is 0.446. The number of hydrogen-bond donors (Lipinski definition) is 2.